The summed E-state index contributed by atoms with van der Waals surface area (Å²) in [5.74, 6) is -0.578. The fraction of sp³-hybridized carbons (Fsp3) is 0.836. The van der Waals surface area contributed by atoms with Crippen molar-refractivity contribution in [1.82, 2.24) is 0 Å². The topological polar surface area (TPSA) is 72.8 Å². The number of aliphatic hydroxyl groups is 1. The highest BCUT2D eigenvalue weighted by molar-refractivity contribution is 5.70. The normalized spacial score (nSPS) is 12.5. The molecule has 0 aliphatic carbocycles. The molecule has 0 saturated carbocycles. The second-order valence-electron chi connectivity index (χ2n) is 19.7. The first kappa shape index (κ1) is 63.9. The molecular weight excluding hydrogens is 813 g/mol. The van der Waals surface area contributed by atoms with Gasteiger partial charge in [-0.05, 0) is 77.0 Å². The zero-order valence-corrected chi connectivity index (χ0v) is 44.2. The van der Waals surface area contributed by atoms with Crippen LogP contribution in [0.5, 0.6) is 0 Å². The van der Waals surface area contributed by atoms with Crippen LogP contribution in [-0.4, -0.2) is 36.4 Å². The van der Waals surface area contributed by atoms with Gasteiger partial charge in [0.15, 0.2) is 6.10 Å². The van der Waals surface area contributed by atoms with E-state index in [1.54, 1.807) is 0 Å². The van der Waals surface area contributed by atoms with Crippen LogP contribution in [0.1, 0.15) is 309 Å². The highest BCUT2D eigenvalue weighted by Crippen LogP contribution is 2.17. The minimum Gasteiger partial charge on any atom is -0.462 e. The molecular formula is C61H112O5. The molecule has 0 bridgehead atoms. The van der Waals surface area contributed by atoms with Gasteiger partial charge in [-0.1, -0.05) is 268 Å². The molecule has 0 saturated heterocycles. The van der Waals surface area contributed by atoms with Crippen molar-refractivity contribution < 1.29 is 24.2 Å². The molecule has 1 atom stereocenters. The Bertz CT molecular complexity index is 1090. The maximum atomic E-state index is 12.3. The Morgan fingerprint density at radius 2 is 0.606 bits per heavy atom. The Labute approximate surface area is 411 Å². The molecule has 1 unspecified atom stereocenters. The van der Waals surface area contributed by atoms with Crippen molar-refractivity contribution in [3.05, 3.63) is 48.6 Å². The van der Waals surface area contributed by atoms with Crippen LogP contribution in [0.25, 0.3) is 0 Å². The number of unbranched alkanes of at least 4 members (excludes halogenated alkanes) is 38. The van der Waals surface area contributed by atoms with Gasteiger partial charge in [-0.25, -0.2) is 0 Å². The number of hydrogen-bond acceptors (Lipinski definition) is 5. The fourth-order valence-electron chi connectivity index (χ4n) is 8.68. The van der Waals surface area contributed by atoms with E-state index in [4.69, 9.17) is 9.47 Å². The highest BCUT2D eigenvalue weighted by Gasteiger charge is 2.16. The van der Waals surface area contributed by atoms with E-state index < -0.39 is 6.10 Å². The number of carbonyl (C=O) groups is 2. The van der Waals surface area contributed by atoms with Gasteiger partial charge in [0, 0.05) is 12.8 Å². The van der Waals surface area contributed by atoms with Crippen molar-refractivity contribution >= 4 is 11.9 Å². The number of esters is 2. The Morgan fingerprint density at radius 1 is 0.348 bits per heavy atom. The zero-order chi connectivity index (χ0) is 47.7. The lowest BCUT2D eigenvalue weighted by Crippen LogP contribution is -2.28. The van der Waals surface area contributed by atoms with Crippen LogP contribution in [0.4, 0.5) is 0 Å². The van der Waals surface area contributed by atoms with Gasteiger partial charge in [-0.15, -0.1) is 0 Å². The first-order valence-corrected chi connectivity index (χ1v) is 29.2. The van der Waals surface area contributed by atoms with Crippen LogP contribution < -0.4 is 0 Å². The summed E-state index contributed by atoms with van der Waals surface area (Å²) >= 11 is 0. The lowest BCUT2D eigenvalue weighted by molar-refractivity contribution is -0.161. The maximum Gasteiger partial charge on any atom is 0.306 e. The summed E-state index contributed by atoms with van der Waals surface area (Å²) in [5.41, 5.74) is 0. The molecule has 0 radical (unpaired) electrons. The van der Waals surface area contributed by atoms with Crippen molar-refractivity contribution in [2.45, 2.75) is 315 Å². The Hall–Kier alpha value is -2.14. The monoisotopic (exact) mass is 925 g/mol. The molecule has 0 fully saturated rings. The molecule has 0 heterocycles. The minimum atomic E-state index is -0.772. The van der Waals surface area contributed by atoms with Gasteiger partial charge in [-0.3, -0.25) is 9.59 Å². The third-order valence-electron chi connectivity index (χ3n) is 13.1. The molecule has 0 aromatic rings. The molecule has 5 nitrogen and oxygen atoms in total. The molecule has 386 valence electrons. The predicted molar refractivity (Wildman–Crippen MR) is 288 cm³/mol. The Kier molecular flexibility index (Phi) is 55.3. The van der Waals surface area contributed by atoms with Gasteiger partial charge in [0.2, 0.25) is 0 Å². The second-order valence-corrected chi connectivity index (χ2v) is 19.7. The first-order chi connectivity index (χ1) is 32.6. The van der Waals surface area contributed by atoms with E-state index in [-0.39, 0.29) is 25.2 Å². The number of carbonyl (C=O) groups excluding carboxylic acids is 2. The van der Waals surface area contributed by atoms with Crippen LogP contribution in [0, 0.1) is 0 Å². The van der Waals surface area contributed by atoms with Crippen LogP contribution in [0.3, 0.4) is 0 Å². The van der Waals surface area contributed by atoms with Crippen molar-refractivity contribution in [2.24, 2.45) is 0 Å². The molecule has 0 aromatic carbocycles. The van der Waals surface area contributed by atoms with E-state index in [2.05, 4.69) is 62.5 Å². The lowest BCUT2D eigenvalue weighted by atomic mass is 10.0. The van der Waals surface area contributed by atoms with E-state index >= 15 is 0 Å². The van der Waals surface area contributed by atoms with Crippen molar-refractivity contribution in [1.29, 1.82) is 0 Å². The van der Waals surface area contributed by atoms with Gasteiger partial charge in [-0.2, -0.15) is 0 Å². The van der Waals surface area contributed by atoms with Gasteiger partial charge < -0.3 is 14.6 Å². The van der Waals surface area contributed by atoms with Gasteiger partial charge in [0.25, 0.3) is 0 Å². The molecule has 5 heteroatoms. The molecule has 0 amide bonds. The Balaban J connectivity index is 3.45. The minimum absolute atomic E-state index is 0.0636. The second kappa shape index (κ2) is 57.2. The number of hydrogen-bond donors (Lipinski definition) is 1. The summed E-state index contributed by atoms with van der Waals surface area (Å²) in [7, 11) is 0. The smallest absolute Gasteiger partial charge is 0.306 e. The highest BCUT2D eigenvalue weighted by atomic mass is 16.6. The van der Waals surface area contributed by atoms with Crippen LogP contribution in [0.2, 0.25) is 0 Å². The molecule has 0 aliphatic rings. The maximum absolute atomic E-state index is 12.3. The number of ether oxygens (including phenoxy) is 2. The largest absolute Gasteiger partial charge is 0.462 e. The third-order valence-corrected chi connectivity index (χ3v) is 13.1. The molecule has 1 N–H and O–H groups in total. The molecule has 0 spiro atoms. The summed E-state index contributed by atoms with van der Waals surface area (Å²) in [6.07, 6.45) is 75.2. The predicted octanol–water partition coefficient (Wildman–Crippen LogP) is 19.6. The summed E-state index contributed by atoms with van der Waals surface area (Å²) in [4.78, 5) is 24.5. The fourth-order valence-corrected chi connectivity index (χ4v) is 8.68. The molecule has 0 rings (SSSR count). The molecule has 0 aromatic heterocycles. The van der Waals surface area contributed by atoms with Crippen LogP contribution >= 0.6 is 0 Å². The van der Waals surface area contributed by atoms with Gasteiger partial charge >= 0.3 is 11.9 Å². The number of aliphatic hydroxyl groups excluding tert-OH is 1. The van der Waals surface area contributed by atoms with Gasteiger partial charge in [0.05, 0.1) is 6.61 Å². The first-order valence-electron chi connectivity index (χ1n) is 29.2. The summed E-state index contributed by atoms with van der Waals surface area (Å²) < 4.78 is 10.7. The summed E-state index contributed by atoms with van der Waals surface area (Å²) in [6, 6.07) is 0. The average Bonchev–Trinajstić information content (AvgIpc) is 3.32. The molecule has 0 aliphatic heterocycles. The number of rotatable bonds is 54. The SMILES string of the molecule is CCCCCCC/C=C\C/C=C\CCCCCCCCCCCCCCCCCC(=O)OC(CO)COC(=O)CCCCCCCCCCCCCCC/C=C\C/C=C\CCCCCCC. The molecule has 66 heavy (non-hydrogen) atoms. The van der Waals surface area contributed by atoms with E-state index in [0.717, 1.165) is 51.4 Å². The third kappa shape index (κ3) is 54.5. The van der Waals surface area contributed by atoms with Crippen molar-refractivity contribution in [2.75, 3.05) is 13.2 Å². The zero-order valence-electron chi connectivity index (χ0n) is 44.2. The van der Waals surface area contributed by atoms with Crippen LogP contribution in [0.15, 0.2) is 48.6 Å². The standard InChI is InChI=1S/C61H112O5/c1-3-5-7-9-11-13-15-17-19-21-23-25-27-29-30-32-34-36-38-40-42-44-46-48-50-52-54-56-61(64)66-59(57-62)58-65-60(63)55-53-51-49-47-45-43-41-39-37-35-33-31-28-26-24-22-20-18-16-14-12-10-8-6-4-2/h15-18,21-24,59,62H,3-14,19-20,25-58H2,1-2H3/b17-15-,18-16-,23-21-,24-22-. The summed E-state index contributed by atoms with van der Waals surface area (Å²) in [5, 5.41) is 9.66. The number of allylic oxidation sites excluding steroid dienone is 8. The van der Waals surface area contributed by atoms with Crippen molar-refractivity contribution in [3.63, 3.8) is 0 Å². The van der Waals surface area contributed by atoms with E-state index in [0.29, 0.717) is 12.8 Å². The van der Waals surface area contributed by atoms with E-state index in [9.17, 15) is 14.7 Å². The quantitative estimate of drug-likeness (QED) is 0.0374. The summed E-state index contributed by atoms with van der Waals surface area (Å²) in [6.45, 7) is 4.16. The van der Waals surface area contributed by atoms with Crippen molar-refractivity contribution in [3.8, 4) is 0 Å². The van der Waals surface area contributed by atoms with Gasteiger partial charge in [0.1, 0.15) is 6.61 Å². The van der Waals surface area contributed by atoms with E-state index in [1.165, 1.54) is 231 Å². The van der Waals surface area contributed by atoms with Crippen LogP contribution in [-0.2, 0) is 19.1 Å². The average molecular weight is 926 g/mol. The van der Waals surface area contributed by atoms with E-state index in [1.807, 2.05) is 0 Å². The lowest BCUT2D eigenvalue weighted by Gasteiger charge is -2.15. The Morgan fingerprint density at radius 3 is 0.894 bits per heavy atom.